The smallest absolute Gasteiger partial charge is 0.273 e. The minimum atomic E-state index is -0.389. The molecule has 168 valence electrons. The predicted octanol–water partition coefficient (Wildman–Crippen LogP) is 1.66. The van der Waals surface area contributed by atoms with Crippen LogP contribution in [0.1, 0.15) is 12.5 Å². The summed E-state index contributed by atoms with van der Waals surface area (Å²) in [6.07, 6.45) is 1.76. The van der Waals surface area contributed by atoms with Crippen LogP contribution < -0.4 is 19.5 Å². The van der Waals surface area contributed by atoms with Crippen molar-refractivity contribution in [3.8, 4) is 17.5 Å². The van der Waals surface area contributed by atoms with Crippen LogP contribution in [-0.2, 0) is 9.53 Å². The quantitative estimate of drug-likeness (QED) is 0.577. The van der Waals surface area contributed by atoms with Crippen LogP contribution in [0.3, 0.4) is 0 Å². The second-order valence-corrected chi connectivity index (χ2v) is 8.32. The van der Waals surface area contributed by atoms with Gasteiger partial charge in [0, 0.05) is 13.1 Å². The molecule has 0 unspecified atom stereocenters. The molecular formula is C25H23N3O4S. The second kappa shape index (κ2) is 10.3. The van der Waals surface area contributed by atoms with E-state index in [9.17, 15) is 14.9 Å². The first-order valence-electron chi connectivity index (χ1n) is 10.7. The maximum absolute atomic E-state index is 13.4. The average Bonchev–Trinajstić information content (AvgIpc) is 3.17. The number of thiazole rings is 1. The van der Waals surface area contributed by atoms with Crippen LogP contribution in [0, 0.1) is 11.3 Å². The summed E-state index contributed by atoms with van der Waals surface area (Å²) in [5.74, 6) is 0.360. The van der Waals surface area contributed by atoms with Gasteiger partial charge in [-0.15, -0.1) is 11.3 Å². The van der Waals surface area contributed by atoms with Crippen molar-refractivity contribution in [2.75, 3.05) is 32.9 Å². The van der Waals surface area contributed by atoms with Gasteiger partial charge >= 0.3 is 0 Å². The molecule has 8 heteroatoms. The zero-order valence-corrected chi connectivity index (χ0v) is 19.0. The average molecular weight is 462 g/mol. The van der Waals surface area contributed by atoms with E-state index in [0.29, 0.717) is 47.8 Å². The number of hydrogen-bond donors (Lipinski definition) is 0. The van der Waals surface area contributed by atoms with Gasteiger partial charge in [0.05, 0.1) is 30.0 Å². The van der Waals surface area contributed by atoms with Crippen molar-refractivity contribution in [3.63, 3.8) is 0 Å². The number of carbonyl (C=O) groups is 1. The van der Waals surface area contributed by atoms with Crippen molar-refractivity contribution >= 4 is 28.9 Å². The fourth-order valence-corrected chi connectivity index (χ4v) is 4.65. The third kappa shape index (κ3) is 4.90. The molecular weight excluding hydrogens is 438 g/mol. The lowest BCUT2D eigenvalue weighted by Crippen LogP contribution is -2.42. The van der Waals surface area contributed by atoms with Crippen molar-refractivity contribution in [1.29, 1.82) is 5.26 Å². The number of ether oxygens (including phenoxy) is 2. The van der Waals surface area contributed by atoms with E-state index in [2.05, 4.69) is 6.07 Å². The molecule has 7 nitrogen and oxygen atoms in total. The van der Waals surface area contributed by atoms with Gasteiger partial charge < -0.3 is 14.4 Å². The molecule has 3 aromatic rings. The molecule has 1 saturated heterocycles. The molecule has 1 aromatic heterocycles. The van der Waals surface area contributed by atoms with Crippen LogP contribution in [0.4, 0.5) is 0 Å². The minimum absolute atomic E-state index is 0.0470. The van der Waals surface area contributed by atoms with E-state index in [1.807, 2.05) is 49.4 Å². The minimum Gasteiger partial charge on any atom is -0.494 e. The molecule has 0 atom stereocenters. The van der Waals surface area contributed by atoms with Gasteiger partial charge in [-0.05, 0) is 42.8 Å². The van der Waals surface area contributed by atoms with Crippen LogP contribution in [-0.4, -0.2) is 48.3 Å². The topological polar surface area (TPSA) is 84.6 Å². The summed E-state index contributed by atoms with van der Waals surface area (Å²) >= 11 is 1.14. The lowest BCUT2D eigenvalue weighted by Gasteiger charge is -2.26. The maximum Gasteiger partial charge on any atom is 0.273 e. The third-order valence-corrected chi connectivity index (χ3v) is 6.26. The zero-order chi connectivity index (χ0) is 23.2. The second-order valence-electron chi connectivity index (χ2n) is 7.29. The first-order chi connectivity index (χ1) is 16.1. The van der Waals surface area contributed by atoms with Crippen LogP contribution in [0.25, 0.3) is 17.3 Å². The van der Waals surface area contributed by atoms with Crippen molar-refractivity contribution in [2.24, 2.45) is 0 Å². The fourth-order valence-electron chi connectivity index (χ4n) is 3.55. The molecule has 0 N–H and O–H groups in total. The number of carbonyl (C=O) groups excluding carboxylic acids is 1. The van der Waals surface area contributed by atoms with E-state index in [-0.39, 0.29) is 17.0 Å². The van der Waals surface area contributed by atoms with Crippen molar-refractivity contribution < 1.29 is 14.3 Å². The third-order valence-electron chi connectivity index (χ3n) is 5.16. The Morgan fingerprint density at radius 3 is 2.48 bits per heavy atom. The fraction of sp³-hybridized carbons (Fsp3) is 0.240. The Labute approximate surface area is 195 Å². The van der Waals surface area contributed by atoms with Crippen molar-refractivity contribution in [1.82, 2.24) is 9.47 Å². The lowest BCUT2D eigenvalue weighted by atomic mass is 10.2. The molecule has 2 heterocycles. The summed E-state index contributed by atoms with van der Waals surface area (Å²) in [7, 11) is 0. The van der Waals surface area contributed by atoms with E-state index < -0.39 is 0 Å². The number of para-hydroxylation sites is 1. The normalized spacial score (nSPS) is 15.2. The maximum atomic E-state index is 13.4. The number of morpholine rings is 1. The van der Waals surface area contributed by atoms with Gasteiger partial charge in [0.25, 0.3) is 11.5 Å². The monoisotopic (exact) mass is 461 g/mol. The highest BCUT2D eigenvalue weighted by Crippen LogP contribution is 2.13. The first kappa shape index (κ1) is 22.5. The van der Waals surface area contributed by atoms with Crippen LogP contribution in [0.5, 0.6) is 5.75 Å². The highest BCUT2D eigenvalue weighted by molar-refractivity contribution is 7.07. The Morgan fingerprint density at radius 2 is 1.85 bits per heavy atom. The Hall–Kier alpha value is -3.67. The molecule has 2 aromatic carbocycles. The predicted molar refractivity (Wildman–Crippen MR) is 127 cm³/mol. The SMILES string of the molecule is CCOc1ccc(/C=c2/s/c(=C(\C#N)C(=O)N3CCOCC3)n(-c3ccccc3)c2=O)cc1. The van der Waals surface area contributed by atoms with Crippen molar-refractivity contribution in [2.45, 2.75) is 6.92 Å². The summed E-state index contributed by atoms with van der Waals surface area (Å²) in [6.45, 7) is 4.17. The van der Waals surface area contributed by atoms with Gasteiger partial charge in [-0.25, -0.2) is 0 Å². The number of rotatable bonds is 5. The molecule has 0 saturated carbocycles. The number of benzene rings is 2. The molecule has 0 aliphatic carbocycles. The van der Waals surface area contributed by atoms with Gasteiger partial charge in [0.1, 0.15) is 16.5 Å². The highest BCUT2D eigenvalue weighted by Gasteiger charge is 2.23. The largest absolute Gasteiger partial charge is 0.494 e. The van der Waals surface area contributed by atoms with Gasteiger partial charge in [0.15, 0.2) is 5.57 Å². The molecule has 33 heavy (non-hydrogen) atoms. The first-order valence-corrected chi connectivity index (χ1v) is 11.5. The Kier molecular flexibility index (Phi) is 7.03. The van der Waals surface area contributed by atoms with Crippen LogP contribution in [0.15, 0.2) is 59.4 Å². The summed E-state index contributed by atoms with van der Waals surface area (Å²) in [5.41, 5.74) is 1.09. The summed E-state index contributed by atoms with van der Waals surface area (Å²) in [6, 6.07) is 18.5. The van der Waals surface area contributed by atoms with Gasteiger partial charge in [-0.2, -0.15) is 5.26 Å². The molecule has 1 amide bonds. The zero-order valence-electron chi connectivity index (χ0n) is 18.2. The standard InChI is InChI=1S/C25H23N3O4S/c1-2-32-20-10-8-18(9-11-20)16-22-24(30)28(19-6-4-3-5-7-19)25(33-22)21(17-26)23(29)27-12-14-31-15-13-27/h3-11,16H,2,12-15H2,1H3/b22-16+,25-21+. The summed E-state index contributed by atoms with van der Waals surface area (Å²) in [5, 5.41) is 9.92. The highest BCUT2D eigenvalue weighted by atomic mass is 32.1. The number of nitriles is 1. The number of hydrogen-bond acceptors (Lipinski definition) is 6. The lowest BCUT2D eigenvalue weighted by molar-refractivity contribution is -0.128. The molecule has 0 radical (unpaired) electrons. The molecule has 0 spiro atoms. The van der Waals surface area contributed by atoms with Gasteiger partial charge in [-0.3, -0.25) is 14.2 Å². The molecule has 4 rings (SSSR count). The Bertz CT molecular complexity index is 1350. The number of amides is 1. The van der Waals surface area contributed by atoms with Crippen LogP contribution >= 0.6 is 11.3 Å². The van der Waals surface area contributed by atoms with Gasteiger partial charge in [0.2, 0.25) is 0 Å². The Morgan fingerprint density at radius 1 is 1.15 bits per heavy atom. The van der Waals surface area contributed by atoms with E-state index in [4.69, 9.17) is 9.47 Å². The van der Waals surface area contributed by atoms with E-state index >= 15 is 0 Å². The number of aromatic nitrogens is 1. The molecule has 1 fully saturated rings. The number of nitrogens with zero attached hydrogens (tertiary/aromatic N) is 3. The van der Waals surface area contributed by atoms with Crippen molar-refractivity contribution in [3.05, 3.63) is 79.7 Å². The Balaban J connectivity index is 1.91. The molecule has 1 aliphatic rings. The van der Waals surface area contributed by atoms with Crippen LogP contribution in [0.2, 0.25) is 0 Å². The summed E-state index contributed by atoms with van der Waals surface area (Å²) in [4.78, 5) is 28.2. The van der Waals surface area contributed by atoms with E-state index in [1.165, 1.54) is 4.57 Å². The molecule has 0 bridgehead atoms. The molecule has 1 aliphatic heterocycles. The van der Waals surface area contributed by atoms with E-state index in [0.717, 1.165) is 22.6 Å². The summed E-state index contributed by atoms with van der Waals surface area (Å²) < 4.78 is 13.0. The van der Waals surface area contributed by atoms with Gasteiger partial charge in [-0.1, -0.05) is 30.3 Å². The van der Waals surface area contributed by atoms with E-state index in [1.54, 1.807) is 23.1 Å².